The zero-order chi connectivity index (χ0) is 9.68. The van der Waals surface area contributed by atoms with Gasteiger partial charge in [0.2, 0.25) is 0 Å². The van der Waals surface area contributed by atoms with Crippen molar-refractivity contribution in [3.63, 3.8) is 0 Å². The van der Waals surface area contributed by atoms with Crippen LogP contribution in [0.25, 0.3) is 0 Å². The Morgan fingerprint density at radius 3 is 3.08 bits per heavy atom. The van der Waals surface area contributed by atoms with E-state index in [0.29, 0.717) is 17.1 Å². The summed E-state index contributed by atoms with van der Waals surface area (Å²) in [5.74, 6) is -0.174. The predicted octanol–water partition coefficient (Wildman–Crippen LogP) is 1.86. The molecule has 0 bridgehead atoms. The van der Waals surface area contributed by atoms with Crippen LogP contribution in [0, 0.1) is 0 Å². The molecule has 13 heavy (non-hydrogen) atoms. The Kier molecular flexibility index (Phi) is 4.18. The molecule has 0 saturated carbocycles. The first-order valence-corrected chi connectivity index (χ1v) is 5.19. The fourth-order valence-corrected chi connectivity index (χ4v) is 1.22. The number of nitrogens with one attached hydrogen (secondary N) is 1. The number of alkyl halides is 1. The third-order valence-electron chi connectivity index (χ3n) is 1.40. The van der Waals surface area contributed by atoms with E-state index < -0.39 is 0 Å². The van der Waals surface area contributed by atoms with Crippen LogP contribution in [-0.4, -0.2) is 22.8 Å². The quantitative estimate of drug-likeness (QED) is 0.846. The van der Waals surface area contributed by atoms with Gasteiger partial charge in [-0.1, -0.05) is 27.5 Å². The van der Waals surface area contributed by atoms with E-state index in [1.165, 1.54) is 12.4 Å². The van der Waals surface area contributed by atoms with Gasteiger partial charge in [-0.2, -0.15) is 0 Å². The lowest BCUT2D eigenvalue weighted by Crippen LogP contribution is -2.25. The topological polar surface area (TPSA) is 42.0 Å². The monoisotopic (exact) mass is 262 g/mol. The molecule has 0 aliphatic rings. The van der Waals surface area contributed by atoms with Crippen molar-refractivity contribution in [3.8, 4) is 0 Å². The molecule has 1 aromatic rings. The van der Waals surface area contributed by atoms with Crippen molar-refractivity contribution in [1.82, 2.24) is 10.3 Å². The molecule has 1 amide bonds. The molecular weight excluding hydrogens is 255 g/mol. The second-order valence-corrected chi connectivity index (χ2v) is 3.50. The van der Waals surface area contributed by atoms with Gasteiger partial charge in [0, 0.05) is 24.3 Å². The molecular formula is C8H8BrClN2O. The smallest absolute Gasteiger partial charge is 0.252 e. The summed E-state index contributed by atoms with van der Waals surface area (Å²) in [5, 5.41) is 3.79. The number of hydrogen-bond donors (Lipinski definition) is 1. The Bertz CT molecular complexity index is 306. The van der Waals surface area contributed by atoms with Crippen molar-refractivity contribution >= 4 is 33.4 Å². The fourth-order valence-electron chi connectivity index (χ4n) is 0.815. The SMILES string of the molecule is O=C(NCCBr)c1ccncc1Cl. The third kappa shape index (κ3) is 2.97. The van der Waals surface area contributed by atoms with Gasteiger partial charge in [0.15, 0.2) is 0 Å². The van der Waals surface area contributed by atoms with Gasteiger partial charge in [0.1, 0.15) is 0 Å². The molecule has 0 saturated heterocycles. The summed E-state index contributed by atoms with van der Waals surface area (Å²) in [6.07, 6.45) is 2.99. The summed E-state index contributed by atoms with van der Waals surface area (Å²) >= 11 is 8.97. The molecule has 0 aromatic carbocycles. The Labute approximate surface area is 89.6 Å². The lowest BCUT2D eigenvalue weighted by atomic mass is 10.2. The van der Waals surface area contributed by atoms with Gasteiger partial charge in [-0.25, -0.2) is 0 Å². The lowest BCUT2D eigenvalue weighted by Gasteiger charge is -2.03. The van der Waals surface area contributed by atoms with E-state index in [-0.39, 0.29) is 5.91 Å². The van der Waals surface area contributed by atoms with E-state index in [9.17, 15) is 4.79 Å². The number of hydrogen-bond acceptors (Lipinski definition) is 2. The van der Waals surface area contributed by atoms with E-state index in [4.69, 9.17) is 11.6 Å². The van der Waals surface area contributed by atoms with E-state index in [2.05, 4.69) is 26.2 Å². The normalized spacial score (nSPS) is 9.69. The second-order valence-electron chi connectivity index (χ2n) is 2.30. The molecule has 0 aliphatic heterocycles. The van der Waals surface area contributed by atoms with Crippen LogP contribution in [0.1, 0.15) is 10.4 Å². The number of amides is 1. The van der Waals surface area contributed by atoms with Crippen molar-refractivity contribution in [1.29, 1.82) is 0 Å². The molecule has 1 aromatic heterocycles. The molecule has 1 N–H and O–H groups in total. The van der Waals surface area contributed by atoms with Crippen LogP contribution >= 0.6 is 27.5 Å². The molecule has 0 radical (unpaired) electrons. The van der Waals surface area contributed by atoms with Gasteiger partial charge >= 0.3 is 0 Å². The molecule has 1 rings (SSSR count). The van der Waals surface area contributed by atoms with Crippen molar-refractivity contribution in [2.24, 2.45) is 0 Å². The molecule has 3 nitrogen and oxygen atoms in total. The summed E-state index contributed by atoms with van der Waals surface area (Å²) in [6, 6.07) is 1.59. The number of rotatable bonds is 3. The van der Waals surface area contributed by atoms with Crippen LogP contribution in [0.3, 0.4) is 0 Å². The van der Waals surface area contributed by atoms with Crippen LogP contribution in [-0.2, 0) is 0 Å². The zero-order valence-electron chi connectivity index (χ0n) is 6.76. The lowest BCUT2D eigenvalue weighted by molar-refractivity contribution is 0.0956. The molecule has 0 aliphatic carbocycles. The van der Waals surface area contributed by atoms with Gasteiger partial charge in [-0.3, -0.25) is 9.78 Å². The Morgan fingerprint density at radius 2 is 2.46 bits per heavy atom. The maximum absolute atomic E-state index is 11.4. The summed E-state index contributed by atoms with van der Waals surface area (Å²) in [7, 11) is 0. The fraction of sp³-hybridized carbons (Fsp3) is 0.250. The van der Waals surface area contributed by atoms with Gasteiger partial charge < -0.3 is 5.32 Å². The number of nitrogens with zero attached hydrogens (tertiary/aromatic N) is 1. The molecule has 5 heteroatoms. The van der Waals surface area contributed by atoms with Crippen molar-refractivity contribution < 1.29 is 4.79 Å². The number of carbonyl (C=O) groups excluding carboxylic acids is 1. The van der Waals surface area contributed by atoms with Crippen LogP contribution in [0.15, 0.2) is 18.5 Å². The Morgan fingerprint density at radius 1 is 1.69 bits per heavy atom. The van der Waals surface area contributed by atoms with Crippen molar-refractivity contribution in [2.45, 2.75) is 0 Å². The third-order valence-corrected chi connectivity index (χ3v) is 2.09. The van der Waals surface area contributed by atoms with Crippen molar-refractivity contribution in [2.75, 3.05) is 11.9 Å². The minimum Gasteiger partial charge on any atom is -0.351 e. The number of halogens is 2. The highest BCUT2D eigenvalue weighted by Gasteiger charge is 2.07. The molecule has 0 unspecified atom stereocenters. The van der Waals surface area contributed by atoms with Crippen LogP contribution in [0.5, 0.6) is 0 Å². The molecule has 0 atom stereocenters. The zero-order valence-corrected chi connectivity index (χ0v) is 9.10. The van der Waals surface area contributed by atoms with E-state index in [0.717, 1.165) is 5.33 Å². The highest BCUT2D eigenvalue weighted by molar-refractivity contribution is 9.09. The molecule has 0 fully saturated rings. The second kappa shape index (κ2) is 5.19. The summed E-state index contributed by atoms with van der Waals surface area (Å²) in [4.78, 5) is 15.2. The minimum absolute atomic E-state index is 0.174. The van der Waals surface area contributed by atoms with Gasteiger partial charge in [-0.15, -0.1) is 0 Å². The highest BCUT2D eigenvalue weighted by Crippen LogP contribution is 2.12. The first-order valence-electron chi connectivity index (χ1n) is 3.69. The van der Waals surface area contributed by atoms with Gasteiger partial charge in [-0.05, 0) is 6.07 Å². The maximum Gasteiger partial charge on any atom is 0.252 e. The largest absolute Gasteiger partial charge is 0.351 e. The van der Waals surface area contributed by atoms with Gasteiger partial charge in [0.25, 0.3) is 5.91 Å². The first kappa shape index (κ1) is 10.5. The van der Waals surface area contributed by atoms with E-state index in [1.807, 2.05) is 0 Å². The molecule has 70 valence electrons. The van der Waals surface area contributed by atoms with Crippen LogP contribution in [0.2, 0.25) is 5.02 Å². The van der Waals surface area contributed by atoms with E-state index in [1.54, 1.807) is 6.07 Å². The summed E-state index contributed by atoms with van der Waals surface area (Å²) in [5.41, 5.74) is 0.456. The predicted molar refractivity (Wildman–Crippen MR) is 55.4 cm³/mol. The van der Waals surface area contributed by atoms with Crippen LogP contribution < -0.4 is 5.32 Å². The molecule has 0 spiro atoms. The highest BCUT2D eigenvalue weighted by atomic mass is 79.9. The van der Waals surface area contributed by atoms with Crippen LogP contribution in [0.4, 0.5) is 0 Å². The van der Waals surface area contributed by atoms with Crippen molar-refractivity contribution in [3.05, 3.63) is 29.0 Å². The number of carbonyl (C=O) groups is 1. The minimum atomic E-state index is -0.174. The Balaban J connectivity index is 2.71. The Hall–Kier alpha value is -0.610. The standard InChI is InChI=1S/C8H8BrClN2O/c9-2-4-12-8(13)6-1-3-11-5-7(6)10/h1,3,5H,2,4H2,(H,12,13). The number of pyridine rings is 1. The maximum atomic E-state index is 11.4. The number of aromatic nitrogens is 1. The molecule has 1 heterocycles. The van der Waals surface area contributed by atoms with Gasteiger partial charge in [0.05, 0.1) is 10.6 Å². The average Bonchev–Trinajstić information content (AvgIpc) is 2.15. The summed E-state index contributed by atoms with van der Waals surface area (Å²) < 4.78 is 0. The average molecular weight is 264 g/mol. The summed E-state index contributed by atoms with van der Waals surface area (Å²) in [6.45, 7) is 0.581. The first-order chi connectivity index (χ1) is 6.25. The van der Waals surface area contributed by atoms with E-state index >= 15 is 0 Å².